The first kappa shape index (κ1) is 22.9. The van der Waals surface area contributed by atoms with Crippen molar-refractivity contribution in [2.45, 2.75) is 64.1 Å². The fourth-order valence-corrected chi connectivity index (χ4v) is 3.32. The van der Waals surface area contributed by atoms with Crippen LogP contribution in [0.2, 0.25) is 0 Å². The van der Waals surface area contributed by atoms with Crippen molar-refractivity contribution in [1.29, 1.82) is 0 Å². The molecule has 148 valence electrons. The smallest absolute Gasteiger partial charge is 0.191 e. The molecule has 2 saturated heterocycles. The zero-order chi connectivity index (χ0) is 17.2. The molecular formula is C18H37IN4O2. The highest BCUT2D eigenvalue weighted by atomic mass is 127. The maximum atomic E-state index is 5.90. The summed E-state index contributed by atoms with van der Waals surface area (Å²) in [6.45, 7) is 10.3. The van der Waals surface area contributed by atoms with E-state index in [0.717, 1.165) is 51.6 Å². The number of rotatable bonds is 7. The van der Waals surface area contributed by atoms with E-state index in [1.54, 1.807) is 0 Å². The largest absolute Gasteiger partial charge is 0.381 e. The molecule has 2 aliphatic heterocycles. The van der Waals surface area contributed by atoms with Gasteiger partial charge in [0.05, 0.1) is 6.10 Å². The third kappa shape index (κ3) is 8.88. The number of ether oxygens (including phenoxy) is 2. The molecule has 2 heterocycles. The number of nitrogens with zero attached hydrogens (tertiary/aromatic N) is 2. The summed E-state index contributed by atoms with van der Waals surface area (Å²) in [6, 6.07) is 1.18. The number of piperidine rings is 1. The second kappa shape index (κ2) is 13.1. The summed E-state index contributed by atoms with van der Waals surface area (Å²) in [5.41, 5.74) is 0. The molecule has 0 saturated carbocycles. The molecule has 0 aromatic rings. The van der Waals surface area contributed by atoms with Crippen molar-refractivity contribution in [3.63, 3.8) is 0 Å². The van der Waals surface area contributed by atoms with Crippen LogP contribution in [0.5, 0.6) is 0 Å². The zero-order valence-electron chi connectivity index (χ0n) is 16.1. The SMILES string of the molecule is CN=C(NCCCOC1CCOCC1)NC1CCN(C(C)C)CC1.I. The van der Waals surface area contributed by atoms with E-state index in [4.69, 9.17) is 9.47 Å². The number of hydrogen-bond donors (Lipinski definition) is 2. The molecule has 6 nitrogen and oxygen atoms in total. The van der Waals surface area contributed by atoms with Crippen LogP contribution >= 0.6 is 24.0 Å². The Bertz CT molecular complexity index is 368. The van der Waals surface area contributed by atoms with Crippen LogP contribution in [0.1, 0.15) is 46.0 Å². The molecule has 0 amide bonds. The van der Waals surface area contributed by atoms with Gasteiger partial charge in [0.15, 0.2) is 5.96 Å². The highest BCUT2D eigenvalue weighted by molar-refractivity contribution is 14.0. The lowest BCUT2D eigenvalue weighted by molar-refractivity contribution is -0.0320. The van der Waals surface area contributed by atoms with Crippen molar-refractivity contribution >= 4 is 29.9 Å². The van der Waals surface area contributed by atoms with Gasteiger partial charge in [0.1, 0.15) is 0 Å². The molecule has 0 bridgehead atoms. The second-order valence-corrected chi connectivity index (χ2v) is 7.08. The number of halogens is 1. The first-order valence-electron chi connectivity index (χ1n) is 9.59. The first-order chi connectivity index (χ1) is 11.7. The molecule has 0 atom stereocenters. The van der Waals surface area contributed by atoms with Gasteiger partial charge in [-0.25, -0.2) is 0 Å². The Morgan fingerprint density at radius 3 is 2.48 bits per heavy atom. The summed E-state index contributed by atoms with van der Waals surface area (Å²) < 4.78 is 11.2. The molecule has 0 aromatic heterocycles. The molecular weight excluding hydrogens is 431 g/mol. The summed E-state index contributed by atoms with van der Waals surface area (Å²) >= 11 is 0. The monoisotopic (exact) mass is 468 g/mol. The fraction of sp³-hybridized carbons (Fsp3) is 0.944. The first-order valence-corrected chi connectivity index (χ1v) is 9.59. The van der Waals surface area contributed by atoms with Crippen molar-refractivity contribution in [2.75, 3.05) is 46.5 Å². The van der Waals surface area contributed by atoms with E-state index in [-0.39, 0.29) is 24.0 Å². The molecule has 0 spiro atoms. The number of guanidine groups is 1. The number of likely N-dealkylation sites (tertiary alicyclic amines) is 1. The molecule has 2 N–H and O–H groups in total. The second-order valence-electron chi connectivity index (χ2n) is 7.08. The number of hydrogen-bond acceptors (Lipinski definition) is 4. The Hall–Kier alpha value is -0.120. The van der Waals surface area contributed by atoms with E-state index in [1.165, 1.54) is 25.9 Å². The standard InChI is InChI=1S/C18H36N4O2.HI/c1-15(2)22-10-5-16(6-11-22)21-18(19-3)20-9-4-12-24-17-7-13-23-14-8-17;/h15-17H,4-14H2,1-3H3,(H2,19,20,21);1H. The van der Waals surface area contributed by atoms with Gasteiger partial charge in [-0.15, -0.1) is 24.0 Å². The van der Waals surface area contributed by atoms with E-state index in [2.05, 4.69) is 34.4 Å². The lowest BCUT2D eigenvalue weighted by atomic mass is 10.0. The molecule has 25 heavy (non-hydrogen) atoms. The number of nitrogens with one attached hydrogen (secondary N) is 2. The van der Waals surface area contributed by atoms with Crippen LogP contribution in [0.25, 0.3) is 0 Å². The average molecular weight is 468 g/mol. The van der Waals surface area contributed by atoms with E-state index in [0.29, 0.717) is 18.2 Å². The van der Waals surface area contributed by atoms with Crippen LogP contribution in [0, 0.1) is 0 Å². The van der Waals surface area contributed by atoms with Gasteiger partial charge in [-0.1, -0.05) is 0 Å². The van der Waals surface area contributed by atoms with Gasteiger partial charge < -0.3 is 25.0 Å². The fourth-order valence-electron chi connectivity index (χ4n) is 3.32. The van der Waals surface area contributed by atoms with Crippen LogP contribution in [0.4, 0.5) is 0 Å². The minimum atomic E-state index is 0. The van der Waals surface area contributed by atoms with Crippen LogP contribution in [0.15, 0.2) is 4.99 Å². The van der Waals surface area contributed by atoms with Crippen molar-refractivity contribution in [3.8, 4) is 0 Å². The minimum Gasteiger partial charge on any atom is -0.381 e. The topological polar surface area (TPSA) is 58.1 Å². The highest BCUT2D eigenvalue weighted by Gasteiger charge is 2.21. The van der Waals surface area contributed by atoms with Gasteiger partial charge in [0.2, 0.25) is 0 Å². The summed E-state index contributed by atoms with van der Waals surface area (Å²) in [6.07, 6.45) is 5.83. The van der Waals surface area contributed by atoms with Crippen LogP contribution in [-0.4, -0.2) is 75.5 Å². The highest BCUT2D eigenvalue weighted by Crippen LogP contribution is 2.13. The van der Waals surface area contributed by atoms with Gasteiger partial charge in [-0.2, -0.15) is 0 Å². The normalized spacial score (nSPS) is 21.2. The Morgan fingerprint density at radius 1 is 1.20 bits per heavy atom. The molecule has 7 heteroatoms. The zero-order valence-corrected chi connectivity index (χ0v) is 18.5. The van der Waals surface area contributed by atoms with Crippen LogP contribution in [0.3, 0.4) is 0 Å². The summed E-state index contributed by atoms with van der Waals surface area (Å²) in [5, 5.41) is 6.97. The van der Waals surface area contributed by atoms with Crippen molar-refractivity contribution in [1.82, 2.24) is 15.5 Å². The predicted octanol–water partition coefficient (Wildman–Crippen LogP) is 2.23. The number of aliphatic imine (C=N–C) groups is 1. The van der Waals surface area contributed by atoms with Crippen molar-refractivity contribution in [3.05, 3.63) is 0 Å². The predicted molar refractivity (Wildman–Crippen MR) is 114 cm³/mol. The summed E-state index contributed by atoms with van der Waals surface area (Å²) in [5.74, 6) is 0.920. The third-order valence-corrected chi connectivity index (χ3v) is 4.96. The quantitative estimate of drug-likeness (QED) is 0.260. The van der Waals surface area contributed by atoms with E-state index in [1.807, 2.05) is 7.05 Å². The lowest BCUT2D eigenvalue weighted by Crippen LogP contribution is -2.50. The summed E-state index contributed by atoms with van der Waals surface area (Å²) in [4.78, 5) is 6.89. The maximum Gasteiger partial charge on any atom is 0.191 e. The van der Waals surface area contributed by atoms with Crippen molar-refractivity contribution < 1.29 is 9.47 Å². The van der Waals surface area contributed by atoms with Gasteiger partial charge >= 0.3 is 0 Å². The van der Waals surface area contributed by atoms with Gasteiger partial charge in [-0.05, 0) is 46.0 Å². The molecule has 0 radical (unpaired) electrons. The Balaban J connectivity index is 0.00000312. The van der Waals surface area contributed by atoms with Crippen LogP contribution in [-0.2, 0) is 9.47 Å². The molecule has 0 unspecified atom stereocenters. The molecule has 0 aliphatic carbocycles. The molecule has 2 fully saturated rings. The Labute approximate surface area is 170 Å². The van der Waals surface area contributed by atoms with Crippen molar-refractivity contribution in [2.24, 2.45) is 4.99 Å². The average Bonchev–Trinajstić information content (AvgIpc) is 2.61. The van der Waals surface area contributed by atoms with E-state index in [9.17, 15) is 0 Å². The maximum absolute atomic E-state index is 5.90. The van der Waals surface area contributed by atoms with Gasteiger partial charge in [0.25, 0.3) is 0 Å². The summed E-state index contributed by atoms with van der Waals surface area (Å²) in [7, 11) is 1.84. The molecule has 0 aromatic carbocycles. The van der Waals surface area contributed by atoms with Gasteiger partial charge in [0, 0.05) is 58.6 Å². The molecule has 2 aliphatic rings. The lowest BCUT2D eigenvalue weighted by Gasteiger charge is -2.35. The molecule has 2 rings (SSSR count). The minimum absolute atomic E-state index is 0. The van der Waals surface area contributed by atoms with E-state index >= 15 is 0 Å². The Morgan fingerprint density at radius 2 is 1.88 bits per heavy atom. The Kier molecular flexibility index (Phi) is 12.0. The van der Waals surface area contributed by atoms with Gasteiger partial charge in [-0.3, -0.25) is 4.99 Å². The van der Waals surface area contributed by atoms with E-state index < -0.39 is 0 Å². The third-order valence-electron chi connectivity index (χ3n) is 4.96. The van der Waals surface area contributed by atoms with Crippen LogP contribution < -0.4 is 10.6 Å².